The van der Waals surface area contributed by atoms with Crippen LogP contribution in [0.3, 0.4) is 0 Å². The minimum Gasteiger partial charge on any atom is -0.368 e. The predicted octanol–water partition coefficient (Wildman–Crippen LogP) is 4.06. The van der Waals surface area contributed by atoms with Crippen LogP contribution in [0.4, 0.5) is 17.6 Å². The number of aromatic nitrogens is 5. The van der Waals surface area contributed by atoms with Crippen molar-refractivity contribution in [1.82, 2.24) is 24.9 Å². The molecule has 27 heavy (non-hydrogen) atoms. The number of benzene rings is 1. The van der Waals surface area contributed by atoms with Gasteiger partial charge in [0.15, 0.2) is 0 Å². The SMILES string of the molecule is CCc1cc2c(SCc3nc(N)nc(Nc4ccccc4)n3)ncnc2s1. The van der Waals surface area contributed by atoms with Crippen LogP contribution in [0.2, 0.25) is 0 Å². The summed E-state index contributed by atoms with van der Waals surface area (Å²) in [5.41, 5.74) is 6.75. The zero-order valence-corrected chi connectivity index (χ0v) is 16.2. The van der Waals surface area contributed by atoms with Crippen LogP contribution in [0.25, 0.3) is 10.2 Å². The van der Waals surface area contributed by atoms with Gasteiger partial charge in [0.25, 0.3) is 0 Å². The van der Waals surface area contributed by atoms with Crippen LogP contribution in [-0.2, 0) is 12.2 Å². The Kier molecular flexibility index (Phi) is 5.12. The van der Waals surface area contributed by atoms with Crippen molar-refractivity contribution < 1.29 is 0 Å². The Labute approximate surface area is 164 Å². The molecule has 4 aromatic rings. The van der Waals surface area contributed by atoms with Gasteiger partial charge in [0, 0.05) is 16.0 Å². The average Bonchev–Trinajstić information content (AvgIpc) is 3.11. The van der Waals surface area contributed by atoms with E-state index in [1.807, 2.05) is 30.3 Å². The van der Waals surface area contributed by atoms with Gasteiger partial charge in [0.2, 0.25) is 11.9 Å². The largest absolute Gasteiger partial charge is 0.368 e. The molecule has 0 radical (unpaired) electrons. The first-order chi connectivity index (χ1) is 13.2. The Morgan fingerprint density at radius 3 is 2.78 bits per heavy atom. The Balaban J connectivity index is 1.54. The number of nitrogens with one attached hydrogen (secondary N) is 1. The lowest BCUT2D eigenvalue weighted by Crippen LogP contribution is -2.06. The lowest BCUT2D eigenvalue weighted by Gasteiger charge is -2.07. The van der Waals surface area contributed by atoms with Crippen molar-refractivity contribution in [2.75, 3.05) is 11.1 Å². The number of thiophene rings is 1. The van der Waals surface area contributed by atoms with Gasteiger partial charge in [0.05, 0.1) is 5.75 Å². The molecule has 0 bridgehead atoms. The van der Waals surface area contributed by atoms with Gasteiger partial charge in [-0.2, -0.15) is 15.0 Å². The van der Waals surface area contributed by atoms with Gasteiger partial charge in [-0.1, -0.05) is 36.9 Å². The van der Waals surface area contributed by atoms with E-state index in [0.29, 0.717) is 17.5 Å². The molecule has 0 saturated heterocycles. The van der Waals surface area contributed by atoms with Gasteiger partial charge >= 0.3 is 0 Å². The number of hydrogen-bond donors (Lipinski definition) is 2. The number of aryl methyl sites for hydroxylation is 1. The minimum atomic E-state index is 0.190. The molecule has 1 aromatic carbocycles. The number of para-hydroxylation sites is 1. The van der Waals surface area contributed by atoms with Crippen LogP contribution in [-0.4, -0.2) is 24.9 Å². The van der Waals surface area contributed by atoms with Crippen molar-refractivity contribution in [2.45, 2.75) is 24.1 Å². The van der Waals surface area contributed by atoms with Crippen LogP contribution in [0.1, 0.15) is 17.6 Å². The number of anilines is 3. The normalized spacial score (nSPS) is 11.0. The lowest BCUT2D eigenvalue weighted by atomic mass is 10.3. The van der Waals surface area contributed by atoms with E-state index in [0.717, 1.165) is 27.4 Å². The Hall–Kier alpha value is -2.78. The molecule has 9 heteroatoms. The smallest absolute Gasteiger partial charge is 0.232 e. The first-order valence-corrected chi connectivity index (χ1v) is 10.2. The summed E-state index contributed by atoms with van der Waals surface area (Å²) in [7, 11) is 0. The van der Waals surface area contributed by atoms with Gasteiger partial charge < -0.3 is 11.1 Å². The summed E-state index contributed by atoms with van der Waals surface area (Å²) in [5.74, 6) is 1.76. The lowest BCUT2D eigenvalue weighted by molar-refractivity contribution is 0.979. The Bertz CT molecular complexity index is 1070. The average molecular weight is 396 g/mol. The molecule has 0 atom stereocenters. The predicted molar refractivity (Wildman–Crippen MR) is 110 cm³/mol. The first-order valence-electron chi connectivity index (χ1n) is 8.40. The van der Waals surface area contributed by atoms with E-state index in [9.17, 15) is 0 Å². The van der Waals surface area contributed by atoms with Crippen LogP contribution in [0.5, 0.6) is 0 Å². The fraction of sp³-hybridized carbons (Fsp3) is 0.167. The van der Waals surface area contributed by atoms with E-state index in [1.165, 1.54) is 4.88 Å². The van der Waals surface area contributed by atoms with Crippen LogP contribution >= 0.6 is 23.1 Å². The van der Waals surface area contributed by atoms with E-state index in [1.54, 1.807) is 29.4 Å². The molecule has 0 fully saturated rings. The summed E-state index contributed by atoms with van der Waals surface area (Å²) >= 11 is 3.27. The van der Waals surface area contributed by atoms with Crippen molar-refractivity contribution in [3.8, 4) is 0 Å². The maximum atomic E-state index is 5.86. The van der Waals surface area contributed by atoms with Gasteiger partial charge in [-0.25, -0.2) is 9.97 Å². The zero-order chi connectivity index (χ0) is 18.6. The molecule has 3 heterocycles. The third-order valence-electron chi connectivity index (χ3n) is 3.76. The summed E-state index contributed by atoms with van der Waals surface area (Å²) in [5, 5.41) is 5.15. The quantitative estimate of drug-likeness (QED) is 0.372. The van der Waals surface area contributed by atoms with Crippen molar-refractivity contribution in [3.63, 3.8) is 0 Å². The second-order valence-corrected chi connectivity index (χ2v) is 7.76. The van der Waals surface area contributed by atoms with E-state index < -0.39 is 0 Å². The molecule has 0 amide bonds. The summed E-state index contributed by atoms with van der Waals surface area (Å²) in [4.78, 5) is 24.0. The maximum Gasteiger partial charge on any atom is 0.232 e. The second-order valence-electron chi connectivity index (χ2n) is 5.68. The molecule has 0 spiro atoms. The second kappa shape index (κ2) is 7.85. The number of fused-ring (bicyclic) bond motifs is 1. The standard InChI is InChI=1S/C18H17N7S2/c1-2-12-8-13-15(20-10-21-16(13)27-12)26-9-14-23-17(19)25-18(24-14)22-11-6-4-3-5-7-11/h3-8,10H,2,9H2,1H3,(H3,19,22,23,24,25). The molecule has 0 saturated carbocycles. The van der Waals surface area contributed by atoms with Gasteiger partial charge in [0.1, 0.15) is 22.0 Å². The minimum absolute atomic E-state index is 0.190. The number of nitrogens with two attached hydrogens (primary N) is 1. The van der Waals surface area contributed by atoms with E-state index in [4.69, 9.17) is 5.73 Å². The Morgan fingerprint density at radius 1 is 1.11 bits per heavy atom. The number of hydrogen-bond acceptors (Lipinski definition) is 9. The van der Waals surface area contributed by atoms with E-state index in [-0.39, 0.29) is 5.95 Å². The molecule has 0 aliphatic carbocycles. The fourth-order valence-electron chi connectivity index (χ4n) is 2.51. The highest BCUT2D eigenvalue weighted by molar-refractivity contribution is 7.98. The maximum absolute atomic E-state index is 5.86. The molecule has 4 rings (SSSR count). The van der Waals surface area contributed by atoms with Crippen molar-refractivity contribution in [1.29, 1.82) is 0 Å². The topological polar surface area (TPSA) is 102 Å². The van der Waals surface area contributed by atoms with E-state index in [2.05, 4.69) is 43.2 Å². The molecular formula is C18H17N7S2. The highest BCUT2D eigenvalue weighted by Crippen LogP contribution is 2.32. The molecule has 3 aromatic heterocycles. The number of rotatable bonds is 6. The number of thioether (sulfide) groups is 1. The van der Waals surface area contributed by atoms with Crippen LogP contribution in [0.15, 0.2) is 47.8 Å². The fourth-order valence-corrected chi connectivity index (χ4v) is 4.34. The monoisotopic (exact) mass is 395 g/mol. The van der Waals surface area contributed by atoms with Crippen molar-refractivity contribution in [3.05, 3.63) is 53.4 Å². The highest BCUT2D eigenvalue weighted by Gasteiger charge is 2.11. The third kappa shape index (κ3) is 4.15. The third-order valence-corrected chi connectivity index (χ3v) is 5.95. The van der Waals surface area contributed by atoms with Crippen molar-refractivity contribution in [2.24, 2.45) is 0 Å². The summed E-state index contributed by atoms with van der Waals surface area (Å²) in [6, 6.07) is 11.9. The molecule has 0 aliphatic heterocycles. The first kappa shape index (κ1) is 17.6. The zero-order valence-electron chi connectivity index (χ0n) is 14.6. The molecule has 0 aliphatic rings. The van der Waals surface area contributed by atoms with Crippen LogP contribution < -0.4 is 11.1 Å². The molecule has 0 unspecified atom stereocenters. The van der Waals surface area contributed by atoms with Gasteiger partial charge in [-0.05, 0) is 24.6 Å². The summed E-state index contributed by atoms with van der Waals surface area (Å²) in [6.45, 7) is 2.14. The van der Waals surface area contributed by atoms with Crippen LogP contribution in [0, 0.1) is 0 Å². The highest BCUT2D eigenvalue weighted by atomic mass is 32.2. The molecule has 7 nitrogen and oxygen atoms in total. The molecule has 136 valence electrons. The Morgan fingerprint density at radius 2 is 1.96 bits per heavy atom. The number of nitrogen functional groups attached to an aromatic ring is 1. The molecular weight excluding hydrogens is 378 g/mol. The van der Waals surface area contributed by atoms with E-state index >= 15 is 0 Å². The summed E-state index contributed by atoms with van der Waals surface area (Å²) in [6.07, 6.45) is 2.59. The van der Waals surface area contributed by atoms with Gasteiger partial charge in [-0.3, -0.25) is 0 Å². The van der Waals surface area contributed by atoms with Crippen molar-refractivity contribution >= 4 is 50.9 Å². The number of nitrogens with zero attached hydrogens (tertiary/aromatic N) is 5. The van der Waals surface area contributed by atoms with Gasteiger partial charge in [-0.15, -0.1) is 11.3 Å². The summed E-state index contributed by atoms with van der Waals surface area (Å²) < 4.78 is 0. The molecule has 3 N–H and O–H groups in total.